The first-order chi connectivity index (χ1) is 14.1. The third kappa shape index (κ3) is 4.36. The Kier molecular flexibility index (Phi) is 5.69. The maximum atomic E-state index is 13.1. The number of nitrogens with zero attached hydrogens (tertiary/aromatic N) is 3. The van der Waals surface area contributed by atoms with Crippen LogP contribution in [0.4, 0.5) is 4.39 Å². The number of nitrogens with one attached hydrogen (secondary N) is 2. The molecule has 0 aliphatic carbocycles. The molecule has 1 aromatic heterocycles. The van der Waals surface area contributed by atoms with Crippen LogP contribution in [-0.2, 0) is 4.79 Å². The van der Waals surface area contributed by atoms with E-state index < -0.39 is 0 Å². The lowest BCUT2D eigenvalue weighted by Gasteiger charge is -2.33. The Morgan fingerprint density at radius 1 is 1.21 bits per heavy atom. The number of ether oxygens (including phenoxy) is 1. The minimum atomic E-state index is -0.316. The van der Waals surface area contributed by atoms with Gasteiger partial charge in [-0.1, -0.05) is 12.1 Å². The molecule has 150 valence electrons. The predicted molar refractivity (Wildman–Crippen MR) is 103 cm³/mol. The van der Waals surface area contributed by atoms with Crippen LogP contribution < -0.4 is 15.6 Å². The van der Waals surface area contributed by atoms with Crippen molar-refractivity contribution in [1.82, 2.24) is 20.7 Å². The number of carbonyl (C=O) groups is 1. The van der Waals surface area contributed by atoms with Crippen LogP contribution in [0.15, 0.2) is 42.6 Å². The van der Waals surface area contributed by atoms with Crippen molar-refractivity contribution in [2.75, 3.05) is 13.1 Å². The van der Waals surface area contributed by atoms with Gasteiger partial charge in [-0.2, -0.15) is 5.26 Å². The molecule has 2 fully saturated rings. The molecule has 2 saturated heterocycles. The van der Waals surface area contributed by atoms with E-state index in [9.17, 15) is 9.18 Å². The zero-order valence-electron chi connectivity index (χ0n) is 15.8. The fraction of sp³-hybridized carbons (Fsp3) is 0.381. The first kappa shape index (κ1) is 19.3. The van der Waals surface area contributed by atoms with Gasteiger partial charge in [-0.15, -0.1) is 0 Å². The molecule has 2 aliphatic rings. The maximum absolute atomic E-state index is 13.1. The molecule has 0 radical (unpaired) electrons. The van der Waals surface area contributed by atoms with E-state index in [2.05, 4.69) is 21.9 Å². The molecule has 2 atom stereocenters. The first-order valence-electron chi connectivity index (χ1n) is 9.71. The van der Waals surface area contributed by atoms with E-state index in [1.54, 1.807) is 30.5 Å². The molecule has 2 aromatic rings. The molecule has 29 heavy (non-hydrogen) atoms. The summed E-state index contributed by atoms with van der Waals surface area (Å²) in [4.78, 5) is 18.8. The Morgan fingerprint density at radius 2 is 1.97 bits per heavy atom. The number of nitriles is 1. The molecule has 1 amide bonds. The lowest BCUT2D eigenvalue weighted by molar-refractivity contribution is -0.135. The van der Waals surface area contributed by atoms with E-state index in [-0.39, 0.29) is 29.9 Å². The molecule has 0 saturated carbocycles. The van der Waals surface area contributed by atoms with Gasteiger partial charge < -0.3 is 9.64 Å². The van der Waals surface area contributed by atoms with Crippen LogP contribution in [0.25, 0.3) is 0 Å². The Hall–Kier alpha value is -3.02. The topological polar surface area (TPSA) is 90.3 Å². The average Bonchev–Trinajstić information content (AvgIpc) is 3.25. The van der Waals surface area contributed by atoms with Crippen molar-refractivity contribution in [2.24, 2.45) is 0 Å². The lowest BCUT2D eigenvalue weighted by Crippen LogP contribution is -2.49. The normalized spacial score (nSPS) is 22.3. The van der Waals surface area contributed by atoms with Crippen molar-refractivity contribution in [3.05, 3.63) is 59.5 Å². The van der Waals surface area contributed by atoms with E-state index in [4.69, 9.17) is 10.00 Å². The molecule has 7 nitrogen and oxygen atoms in total. The highest BCUT2D eigenvalue weighted by Gasteiger charge is 2.34. The molecule has 3 heterocycles. The van der Waals surface area contributed by atoms with Crippen LogP contribution >= 0.6 is 0 Å². The smallest absolute Gasteiger partial charge is 0.241 e. The summed E-state index contributed by atoms with van der Waals surface area (Å²) in [6.45, 7) is 1.19. The van der Waals surface area contributed by atoms with Crippen molar-refractivity contribution < 1.29 is 13.9 Å². The van der Waals surface area contributed by atoms with Crippen molar-refractivity contribution in [2.45, 2.75) is 37.5 Å². The highest BCUT2D eigenvalue weighted by Crippen LogP contribution is 2.25. The molecule has 0 spiro atoms. The third-order valence-corrected chi connectivity index (χ3v) is 5.40. The number of pyridine rings is 1. The van der Waals surface area contributed by atoms with E-state index in [1.807, 2.05) is 4.90 Å². The number of carbonyl (C=O) groups excluding carboxylic acids is 1. The molecule has 8 heteroatoms. The number of rotatable bonds is 4. The molecule has 2 N–H and O–H groups in total. The SMILES string of the molecule is N#Cc1cccnc1OC1CCN(C(=O)C2CC(c3ccc(F)cc3)NN2)CC1. The monoisotopic (exact) mass is 395 g/mol. The van der Waals surface area contributed by atoms with Crippen LogP contribution in [0.1, 0.15) is 36.4 Å². The van der Waals surface area contributed by atoms with Crippen molar-refractivity contribution in [3.8, 4) is 11.9 Å². The van der Waals surface area contributed by atoms with Gasteiger partial charge in [0.1, 0.15) is 29.6 Å². The number of hydrogen-bond donors (Lipinski definition) is 2. The standard InChI is InChI=1S/C21H22FN5O2/c22-16-5-3-14(4-6-16)18-12-19(26-25-18)21(28)27-10-7-17(8-11-27)29-20-15(13-23)2-1-9-24-20/h1-6,9,17-19,25-26H,7-8,10-12H2. The summed E-state index contributed by atoms with van der Waals surface area (Å²) in [6, 6.07) is 11.4. The number of benzene rings is 1. The molecule has 2 aliphatic heterocycles. The predicted octanol–water partition coefficient (Wildman–Crippen LogP) is 2.07. The number of aromatic nitrogens is 1. The van der Waals surface area contributed by atoms with Crippen LogP contribution in [0, 0.1) is 17.1 Å². The van der Waals surface area contributed by atoms with Gasteiger partial charge >= 0.3 is 0 Å². The van der Waals surface area contributed by atoms with Crippen molar-refractivity contribution >= 4 is 5.91 Å². The lowest BCUT2D eigenvalue weighted by atomic mass is 10.0. The van der Waals surface area contributed by atoms with E-state index in [0.717, 1.165) is 5.56 Å². The first-order valence-corrected chi connectivity index (χ1v) is 9.71. The van der Waals surface area contributed by atoms with Gasteiger partial charge in [0, 0.05) is 38.2 Å². The second kappa shape index (κ2) is 8.55. The number of hydrazine groups is 1. The van der Waals surface area contributed by atoms with E-state index in [0.29, 0.717) is 43.8 Å². The molecular weight excluding hydrogens is 373 g/mol. The van der Waals surface area contributed by atoms with E-state index in [1.165, 1.54) is 12.1 Å². The quantitative estimate of drug-likeness (QED) is 0.824. The van der Waals surface area contributed by atoms with Crippen LogP contribution in [0.2, 0.25) is 0 Å². The summed E-state index contributed by atoms with van der Waals surface area (Å²) in [5.41, 5.74) is 7.57. The van der Waals surface area contributed by atoms with Gasteiger partial charge in [0.25, 0.3) is 0 Å². The fourth-order valence-corrected chi connectivity index (χ4v) is 3.77. The summed E-state index contributed by atoms with van der Waals surface area (Å²) in [6.07, 6.45) is 3.53. The summed E-state index contributed by atoms with van der Waals surface area (Å²) < 4.78 is 19.0. The number of halogens is 1. The number of amides is 1. The van der Waals surface area contributed by atoms with Gasteiger partial charge in [-0.05, 0) is 36.2 Å². The summed E-state index contributed by atoms with van der Waals surface area (Å²) >= 11 is 0. The van der Waals surface area contributed by atoms with Gasteiger partial charge in [0.05, 0.1) is 0 Å². The average molecular weight is 395 g/mol. The van der Waals surface area contributed by atoms with Crippen molar-refractivity contribution in [1.29, 1.82) is 5.26 Å². The van der Waals surface area contributed by atoms with E-state index >= 15 is 0 Å². The minimum Gasteiger partial charge on any atom is -0.473 e. The third-order valence-electron chi connectivity index (χ3n) is 5.40. The zero-order valence-corrected chi connectivity index (χ0v) is 15.8. The van der Waals surface area contributed by atoms with Crippen LogP contribution in [-0.4, -0.2) is 41.0 Å². The summed E-state index contributed by atoms with van der Waals surface area (Å²) in [5, 5.41) is 9.15. The molecule has 0 bridgehead atoms. The highest BCUT2D eigenvalue weighted by atomic mass is 19.1. The highest BCUT2D eigenvalue weighted by molar-refractivity contribution is 5.82. The Labute approximate surface area is 168 Å². The van der Waals surface area contributed by atoms with Crippen LogP contribution in [0.5, 0.6) is 5.88 Å². The second-order valence-corrected chi connectivity index (χ2v) is 7.29. The Morgan fingerprint density at radius 3 is 2.69 bits per heavy atom. The Bertz CT molecular complexity index is 906. The number of hydrogen-bond acceptors (Lipinski definition) is 6. The summed E-state index contributed by atoms with van der Waals surface area (Å²) in [7, 11) is 0. The summed E-state index contributed by atoms with van der Waals surface area (Å²) in [5.74, 6) is 0.129. The molecular formula is C21H22FN5O2. The van der Waals surface area contributed by atoms with Gasteiger partial charge in [0.15, 0.2) is 0 Å². The largest absolute Gasteiger partial charge is 0.473 e. The van der Waals surface area contributed by atoms with Gasteiger partial charge in [-0.3, -0.25) is 4.79 Å². The molecule has 4 rings (SSSR count). The fourth-order valence-electron chi connectivity index (χ4n) is 3.77. The van der Waals surface area contributed by atoms with Gasteiger partial charge in [0.2, 0.25) is 11.8 Å². The molecule has 1 aromatic carbocycles. The second-order valence-electron chi connectivity index (χ2n) is 7.29. The minimum absolute atomic E-state index is 0.0287. The van der Waals surface area contributed by atoms with Gasteiger partial charge in [-0.25, -0.2) is 20.2 Å². The Balaban J connectivity index is 1.29. The maximum Gasteiger partial charge on any atom is 0.241 e. The molecule has 2 unspecified atom stereocenters. The van der Waals surface area contributed by atoms with Crippen LogP contribution in [0.3, 0.4) is 0 Å². The number of likely N-dealkylation sites (tertiary alicyclic amines) is 1. The number of piperidine rings is 1. The zero-order chi connectivity index (χ0) is 20.2. The van der Waals surface area contributed by atoms with Crippen molar-refractivity contribution in [3.63, 3.8) is 0 Å².